The van der Waals surface area contributed by atoms with Gasteiger partial charge in [-0.1, -0.05) is 30.9 Å². The number of allylic oxidation sites excluding steroid dienone is 2. The minimum Gasteiger partial charge on any atom is -0.358 e. The molecule has 2 fully saturated rings. The van der Waals surface area contributed by atoms with Crippen molar-refractivity contribution < 1.29 is 14.4 Å². The van der Waals surface area contributed by atoms with Gasteiger partial charge in [0.05, 0.1) is 23.7 Å². The fourth-order valence-electron chi connectivity index (χ4n) is 7.55. The van der Waals surface area contributed by atoms with E-state index in [1.54, 1.807) is 22.0 Å². The fourth-order valence-corrected chi connectivity index (χ4v) is 7.90. The van der Waals surface area contributed by atoms with Crippen molar-refractivity contribution in [1.29, 1.82) is 0 Å². The Hall–Kier alpha value is -4.56. The molecule has 3 aromatic heterocycles. The van der Waals surface area contributed by atoms with Crippen molar-refractivity contribution in [3.63, 3.8) is 0 Å². The van der Waals surface area contributed by atoms with Gasteiger partial charge in [-0.3, -0.25) is 14.4 Å². The quantitative estimate of drug-likeness (QED) is 0.133. The summed E-state index contributed by atoms with van der Waals surface area (Å²) in [5.74, 6) is 0.866. The molecule has 3 atom stereocenters. The molecule has 0 radical (unpaired) electrons. The molecule has 0 spiro atoms. The second-order valence-corrected chi connectivity index (χ2v) is 14.2. The molecule has 0 unspecified atom stereocenters. The van der Waals surface area contributed by atoms with E-state index in [-0.39, 0.29) is 47.7 Å². The second-order valence-electron chi connectivity index (χ2n) is 13.4. The molecular formula is C37H36BrN7O3. The maximum atomic E-state index is 14.4. The van der Waals surface area contributed by atoms with Crippen molar-refractivity contribution in [2.24, 2.45) is 5.41 Å². The highest BCUT2D eigenvalue weighted by molar-refractivity contribution is 9.10. The van der Waals surface area contributed by atoms with Crippen molar-refractivity contribution in [2.75, 3.05) is 0 Å². The highest BCUT2D eigenvalue weighted by Gasteiger charge is 2.66. The van der Waals surface area contributed by atoms with Gasteiger partial charge in [0.2, 0.25) is 5.91 Å². The van der Waals surface area contributed by atoms with E-state index in [0.29, 0.717) is 53.6 Å². The minimum atomic E-state index is -0.608. The van der Waals surface area contributed by atoms with E-state index in [4.69, 9.17) is 6.57 Å². The molecule has 48 heavy (non-hydrogen) atoms. The molecule has 2 bridgehead atoms. The number of hydrogen-bond acceptors (Lipinski definition) is 7. The summed E-state index contributed by atoms with van der Waals surface area (Å²) in [5.41, 5.74) is 4.71. The van der Waals surface area contributed by atoms with E-state index in [1.807, 2.05) is 32.0 Å². The van der Waals surface area contributed by atoms with E-state index >= 15 is 0 Å². The Kier molecular flexibility index (Phi) is 8.54. The fraction of sp³-hybridized carbons (Fsp3) is 0.405. The van der Waals surface area contributed by atoms with E-state index in [1.165, 1.54) is 0 Å². The second kappa shape index (κ2) is 12.8. The van der Waals surface area contributed by atoms with Gasteiger partial charge in [0.1, 0.15) is 22.8 Å². The van der Waals surface area contributed by atoms with Crippen molar-refractivity contribution in [2.45, 2.75) is 90.3 Å². The molecule has 0 N–H and O–H groups in total. The molecule has 3 aliphatic rings. The largest absolute Gasteiger partial charge is 0.358 e. The zero-order valence-electron chi connectivity index (χ0n) is 27.1. The van der Waals surface area contributed by atoms with Crippen LogP contribution in [0.4, 0.5) is 5.82 Å². The molecule has 1 saturated heterocycles. The Morgan fingerprint density at radius 1 is 1.08 bits per heavy atom. The molecule has 244 valence electrons. The van der Waals surface area contributed by atoms with Crippen LogP contribution in [0.25, 0.3) is 26.9 Å². The number of rotatable bonds is 4. The van der Waals surface area contributed by atoms with Crippen molar-refractivity contribution in [3.05, 3.63) is 87.5 Å². The average Bonchev–Trinajstić information content (AvgIpc) is 3.50. The predicted molar refractivity (Wildman–Crippen MR) is 184 cm³/mol. The molecule has 4 aromatic rings. The van der Waals surface area contributed by atoms with Crippen LogP contribution in [-0.2, 0) is 33.8 Å². The number of ketones is 2. The van der Waals surface area contributed by atoms with Crippen LogP contribution < -0.4 is 0 Å². The summed E-state index contributed by atoms with van der Waals surface area (Å²) in [7, 11) is 0. The van der Waals surface area contributed by atoms with Crippen LogP contribution in [-0.4, -0.2) is 59.2 Å². The smallest absolute Gasteiger partial charge is 0.303 e. The Bertz CT molecular complexity index is 2030. The molecule has 10 nitrogen and oxygen atoms in total. The van der Waals surface area contributed by atoms with Gasteiger partial charge in [-0.2, -0.15) is 4.68 Å². The lowest BCUT2D eigenvalue weighted by molar-refractivity contribution is -0.139. The number of benzene rings is 1. The first-order valence-corrected chi connectivity index (χ1v) is 17.3. The first kappa shape index (κ1) is 32.0. The summed E-state index contributed by atoms with van der Waals surface area (Å²) in [4.78, 5) is 60.1. The molecule has 1 saturated carbocycles. The maximum Gasteiger partial charge on any atom is 0.303 e. The molecule has 1 aliphatic carbocycles. The summed E-state index contributed by atoms with van der Waals surface area (Å²) < 4.78 is 2.31. The highest BCUT2D eigenvalue weighted by Crippen LogP contribution is 2.62. The first-order chi connectivity index (χ1) is 23.2. The van der Waals surface area contributed by atoms with Crippen molar-refractivity contribution >= 4 is 50.1 Å². The Morgan fingerprint density at radius 2 is 1.90 bits per heavy atom. The topological polar surface area (TPSA) is 115 Å². The third-order valence-corrected chi connectivity index (χ3v) is 10.7. The van der Waals surface area contributed by atoms with Gasteiger partial charge in [-0.25, -0.2) is 15.0 Å². The SMILES string of the molecule is [C-]#[N+]c1nn2c3c(cc(-c4cnc(C)nc4)cc13)CC=CCCCC(=O)CC[C@@]13C[C@@H](C(=O)Cc4nc(Br)ccc4C)N(C(=O)C2)[C@@H]1C3. The van der Waals surface area contributed by atoms with Gasteiger partial charge >= 0.3 is 5.82 Å². The number of aryl methyl sites for hydroxylation is 2. The van der Waals surface area contributed by atoms with Crippen LogP contribution in [0.5, 0.6) is 0 Å². The summed E-state index contributed by atoms with van der Waals surface area (Å²) in [6, 6.07) is 7.04. The van der Waals surface area contributed by atoms with Crippen molar-refractivity contribution in [1.82, 2.24) is 29.6 Å². The van der Waals surface area contributed by atoms with Crippen LogP contribution in [0, 0.1) is 25.8 Å². The van der Waals surface area contributed by atoms with Gasteiger partial charge < -0.3 is 9.74 Å². The van der Waals surface area contributed by atoms with E-state index in [9.17, 15) is 14.4 Å². The third kappa shape index (κ3) is 6.10. The number of amides is 1. The molecule has 1 amide bonds. The number of halogens is 1. The number of pyridine rings is 1. The normalized spacial score (nSPS) is 22.8. The van der Waals surface area contributed by atoms with Gasteiger partial charge in [-0.05, 0) is 108 Å². The van der Waals surface area contributed by atoms with Crippen LogP contribution in [0.1, 0.15) is 67.6 Å². The number of carbonyl (C=O) groups excluding carboxylic acids is 3. The number of piperidine rings is 1. The number of aromatic nitrogens is 5. The average molecular weight is 707 g/mol. The van der Waals surface area contributed by atoms with Crippen LogP contribution >= 0.6 is 15.9 Å². The number of Topliss-reactive ketones (excluding diaryl/α,β-unsaturated/α-hetero) is 2. The summed E-state index contributed by atoms with van der Waals surface area (Å²) in [6.45, 7) is 11.6. The van der Waals surface area contributed by atoms with E-state index in [2.05, 4.69) is 59.0 Å². The minimum absolute atomic E-state index is 0.0488. The lowest BCUT2D eigenvalue weighted by atomic mass is 9.90. The Balaban J connectivity index is 1.29. The zero-order valence-corrected chi connectivity index (χ0v) is 28.7. The van der Waals surface area contributed by atoms with Crippen LogP contribution in [0.3, 0.4) is 0 Å². The first-order valence-electron chi connectivity index (χ1n) is 16.5. The summed E-state index contributed by atoms with van der Waals surface area (Å²) in [5, 5.41) is 5.32. The Labute approximate surface area is 287 Å². The van der Waals surface area contributed by atoms with Crippen LogP contribution in [0.2, 0.25) is 0 Å². The summed E-state index contributed by atoms with van der Waals surface area (Å²) in [6.07, 6.45) is 12.9. The summed E-state index contributed by atoms with van der Waals surface area (Å²) >= 11 is 3.42. The lowest BCUT2D eigenvalue weighted by Gasteiger charge is -2.26. The molecule has 1 aromatic carbocycles. The van der Waals surface area contributed by atoms with E-state index < -0.39 is 6.04 Å². The van der Waals surface area contributed by atoms with Gasteiger partial charge in [-0.15, -0.1) is 0 Å². The monoisotopic (exact) mass is 705 g/mol. The molecule has 5 heterocycles. The van der Waals surface area contributed by atoms with Gasteiger partial charge in [0, 0.05) is 42.2 Å². The van der Waals surface area contributed by atoms with E-state index in [0.717, 1.165) is 47.0 Å². The lowest BCUT2D eigenvalue weighted by Crippen LogP contribution is -2.45. The predicted octanol–water partition coefficient (Wildman–Crippen LogP) is 6.62. The molecular weight excluding hydrogens is 670 g/mol. The van der Waals surface area contributed by atoms with Crippen molar-refractivity contribution in [3.8, 4) is 11.1 Å². The maximum absolute atomic E-state index is 14.4. The number of hydrogen-bond donors (Lipinski definition) is 0. The third-order valence-electron chi connectivity index (χ3n) is 10.2. The number of carbonyl (C=O) groups is 3. The zero-order chi connectivity index (χ0) is 33.6. The Morgan fingerprint density at radius 3 is 2.69 bits per heavy atom. The van der Waals surface area contributed by atoms with Gasteiger partial charge in [0.25, 0.3) is 0 Å². The van der Waals surface area contributed by atoms with Gasteiger partial charge in [0.15, 0.2) is 5.78 Å². The standard InChI is InChI=1S/C37H36BrN7O3/c1-22-10-11-33(38)42-29(22)16-31(47)30-17-37-13-12-27(46)9-7-5-4-6-8-24-14-25(26-19-40-23(2)41-20-26)15-28-35(24)44(43-36(28)39-3)21-34(48)45(30)32(37)18-37/h4,6,10-11,14-15,19-20,30,32H,5,7-9,12-13,16-18,21H2,1-2H3/t30-,32+,37-/m0/s1. The highest BCUT2D eigenvalue weighted by atomic mass is 79.9. The molecule has 7 rings (SSSR count). The number of nitrogens with zero attached hydrogens (tertiary/aromatic N) is 7. The van der Waals surface area contributed by atoms with Crippen LogP contribution in [0.15, 0.2) is 53.4 Å². The molecule has 11 heteroatoms. The molecule has 2 aliphatic heterocycles.